The molecule has 0 radical (unpaired) electrons. The number of rotatable bonds is 9. The lowest BCUT2D eigenvalue weighted by Gasteiger charge is -2.19. The van der Waals surface area contributed by atoms with Crippen LogP contribution in [0.5, 0.6) is 11.5 Å². The van der Waals surface area contributed by atoms with Crippen LogP contribution in [0.3, 0.4) is 0 Å². The summed E-state index contributed by atoms with van der Waals surface area (Å²) in [6.45, 7) is 2.25. The maximum Gasteiger partial charge on any atom is 0.271 e. The molecule has 0 aliphatic heterocycles. The van der Waals surface area contributed by atoms with E-state index in [0.717, 1.165) is 17.2 Å². The third kappa shape index (κ3) is 5.87. The molecule has 10 nitrogen and oxygen atoms in total. The number of non-ortho nitro benzene ring substituents is 1. The number of nitro groups is 1. The summed E-state index contributed by atoms with van der Waals surface area (Å²) in [5.41, 5.74) is 1.80. The van der Waals surface area contributed by atoms with Gasteiger partial charge >= 0.3 is 0 Å². The number of anilines is 1. The molecule has 0 saturated heterocycles. The number of ether oxygens (including phenoxy) is 2. The zero-order valence-electron chi connectivity index (χ0n) is 19.6. The number of amides is 1. The molecular formula is C24H25N3O7S. The van der Waals surface area contributed by atoms with Crippen LogP contribution < -0.4 is 14.2 Å². The van der Waals surface area contributed by atoms with Crippen LogP contribution in [0.15, 0.2) is 65.6 Å². The number of sulfonamides is 1. The predicted molar refractivity (Wildman–Crippen MR) is 130 cm³/mol. The van der Waals surface area contributed by atoms with Crippen molar-refractivity contribution in [2.24, 2.45) is 0 Å². The molecule has 0 aromatic heterocycles. The van der Waals surface area contributed by atoms with Crippen molar-refractivity contribution >= 4 is 27.3 Å². The molecule has 35 heavy (non-hydrogen) atoms. The van der Waals surface area contributed by atoms with Gasteiger partial charge in [0.2, 0.25) is 0 Å². The molecule has 1 N–H and O–H groups in total. The largest absolute Gasteiger partial charge is 0.496 e. The minimum atomic E-state index is -4.11. The maximum absolute atomic E-state index is 12.9. The Morgan fingerprint density at radius 3 is 2.23 bits per heavy atom. The van der Waals surface area contributed by atoms with Gasteiger partial charge in [0.15, 0.2) is 0 Å². The van der Waals surface area contributed by atoms with Crippen molar-refractivity contribution in [3.05, 3.63) is 87.5 Å². The van der Waals surface area contributed by atoms with Gasteiger partial charge in [-0.15, -0.1) is 0 Å². The van der Waals surface area contributed by atoms with E-state index in [9.17, 15) is 23.3 Å². The highest BCUT2D eigenvalue weighted by atomic mass is 32.2. The van der Waals surface area contributed by atoms with Gasteiger partial charge in [-0.25, -0.2) is 8.42 Å². The monoisotopic (exact) mass is 499 g/mol. The third-order valence-corrected chi connectivity index (χ3v) is 6.62. The number of nitrogens with zero attached hydrogens (tertiary/aromatic N) is 2. The van der Waals surface area contributed by atoms with E-state index in [0.29, 0.717) is 17.9 Å². The molecular weight excluding hydrogens is 474 g/mol. The minimum absolute atomic E-state index is 0.0753. The maximum atomic E-state index is 12.9. The molecule has 0 fully saturated rings. The molecule has 0 aliphatic carbocycles. The molecule has 0 bridgehead atoms. The van der Waals surface area contributed by atoms with E-state index >= 15 is 0 Å². The summed E-state index contributed by atoms with van der Waals surface area (Å²) in [5, 5.41) is 11.1. The Labute approximate surface area is 203 Å². The van der Waals surface area contributed by atoms with Crippen molar-refractivity contribution in [3.63, 3.8) is 0 Å². The van der Waals surface area contributed by atoms with Crippen LogP contribution in [0.25, 0.3) is 0 Å². The van der Waals surface area contributed by atoms with Gasteiger partial charge in [-0.2, -0.15) is 0 Å². The van der Waals surface area contributed by atoms with E-state index in [-0.39, 0.29) is 27.9 Å². The Balaban J connectivity index is 1.79. The van der Waals surface area contributed by atoms with Gasteiger partial charge in [0.1, 0.15) is 11.5 Å². The number of benzene rings is 3. The number of carbonyl (C=O) groups is 1. The lowest BCUT2D eigenvalue weighted by molar-refractivity contribution is -0.384. The topological polar surface area (TPSA) is 128 Å². The Morgan fingerprint density at radius 1 is 1.00 bits per heavy atom. The summed E-state index contributed by atoms with van der Waals surface area (Å²) in [4.78, 5) is 24.7. The SMILES string of the molecule is COc1ccc(C)cc1CN(C)C(=O)c1ccc(S(=O)(=O)Nc2cc([N+](=O)[O-])ccc2OC)cc1. The van der Waals surface area contributed by atoms with Gasteiger partial charge in [0.25, 0.3) is 21.6 Å². The van der Waals surface area contributed by atoms with Crippen LogP contribution in [0.4, 0.5) is 11.4 Å². The van der Waals surface area contributed by atoms with Crippen LogP contribution in [-0.4, -0.2) is 45.4 Å². The van der Waals surface area contributed by atoms with Gasteiger partial charge in [-0.05, 0) is 43.3 Å². The second kappa shape index (κ2) is 10.4. The molecule has 0 aliphatic rings. The molecule has 3 aromatic carbocycles. The van der Waals surface area contributed by atoms with Crippen molar-refractivity contribution in [1.82, 2.24) is 4.90 Å². The zero-order chi connectivity index (χ0) is 25.8. The minimum Gasteiger partial charge on any atom is -0.496 e. The number of nitro benzene ring substituents is 1. The van der Waals surface area contributed by atoms with Crippen LogP contribution >= 0.6 is 0 Å². The van der Waals surface area contributed by atoms with E-state index in [1.54, 1.807) is 14.2 Å². The number of aryl methyl sites for hydroxylation is 1. The summed E-state index contributed by atoms with van der Waals surface area (Å²) in [7, 11) is 0.420. The van der Waals surface area contributed by atoms with Crippen LogP contribution in [0, 0.1) is 17.0 Å². The Hall–Kier alpha value is -4.12. The first-order valence-electron chi connectivity index (χ1n) is 10.4. The molecule has 0 unspecified atom stereocenters. The molecule has 0 saturated carbocycles. The predicted octanol–water partition coefficient (Wildman–Crippen LogP) is 3.99. The molecule has 0 atom stereocenters. The zero-order valence-corrected chi connectivity index (χ0v) is 20.5. The number of methoxy groups -OCH3 is 2. The van der Waals surface area contributed by atoms with Crippen molar-refractivity contribution in [3.8, 4) is 11.5 Å². The lowest BCUT2D eigenvalue weighted by Crippen LogP contribution is -2.26. The summed E-state index contributed by atoms with van der Waals surface area (Å²) in [5.74, 6) is 0.490. The highest BCUT2D eigenvalue weighted by Gasteiger charge is 2.21. The number of hydrogen-bond acceptors (Lipinski definition) is 7. The average Bonchev–Trinajstić information content (AvgIpc) is 2.83. The normalized spacial score (nSPS) is 11.0. The number of hydrogen-bond donors (Lipinski definition) is 1. The van der Waals surface area contributed by atoms with E-state index in [4.69, 9.17) is 9.47 Å². The second-order valence-electron chi connectivity index (χ2n) is 7.75. The highest BCUT2D eigenvalue weighted by Crippen LogP contribution is 2.31. The quantitative estimate of drug-likeness (QED) is 0.348. The van der Waals surface area contributed by atoms with E-state index in [1.807, 2.05) is 25.1 Å². The number of nitrogens with one attached hydrogen (secondary N) is 1. The smallest absolute Gasteiger partial charge is 0.271 e. The van der Waals surface area contributed by atoms with E-state index in [2.05, 4.69) is 4.72 Å². The first kappa shape index (κ1) is 25.5. The molecule has 3 rings (SSSR count). The summed E-state index contributed by atoms with van der Waals surface area (Å²) >= 11 is 0. The first-order valence-corrected chi connectivity index (χ1v) is 11.9. The Kier molecular flexibility index (Phi) is 7.60. The van der Waals surface area contributed by atoms with Crippen molar-refractivity contribution in [2.75, 3.05) is 26.0 Å². The Morgan fingerprint density at radius 2 is 1.63 bits per heavy atom. The first-order chi connectivity index (χ1) is 16.6. The van der Waals surface area contributed by atoms with E-state index < -0.39 is 14.9 Å². The van der Waals surface area contributed by atoms with Crippen LogP contribution in [0.2, 0.25) is 0 Å². The summed E-state index contributed by atoms with van der Waals surface area (Å²) < 4.78 is 38.5. The highest BCUT2D eigenvalue weighted by molar-refractivity contribution is 7.92. The van der Waals surface area contributed by atoms with Crippen molar-refractivity contribution < 1.29 is 27.6 Å². The fourth-order valence-electron chi connectivity index (χ4n) is 3.45. The van der Waals surface area contributed by atoms with Crippen molar-refractivity contribution in [1.29, 1.82) is 0 Å². The third-order valence-electron chi connectivity index (χ3n) is 5.24. The molecule has 0 heterocycles. The van der Waals surface area contributed by atoms with Gasteiger partial charge < -0.3 is 14.4 Å². The molecule has 184 valence electrons. The Bertz CT molecular complexity index is 1360. The van der Waals surface area contributed by atoms with Crippen LogP contribution in [0.1, 0.15) is 21.5 Å². The van der Waals surface area contributed by atoms with Gasteiger partial charge in [-0.3, -0.25) is 19.6 Å². The fourth-order valence-corrected chi connectivity index (χ4v) is 4.51. The van der Waals surface area contributed by atoms with E-state index in [1.165, 1.54) is 48.4 Å². The summed E-state index contributed by atoms with van der Waals surface area (Å²) in [6.07, 6.45) is 0. The molecule has 1 amide bonds. The van der Waals surface area contributed by atoms with Crippen molar-refractivity contribution in [2.45, 2.75) is 18.4 Å². The lowest BCUT2D eigenvalue weighted by atomic mass is 10.1. The fraction of sp³-hybridized carbons (Fsp3) is 0.208. The molecule has 11 heteroatoms. The average molecular weight is 500 g/mol. The molecule has 3 aromatic rings. The van der Waals surface area contributed by atoms with Gasteiger partial charge in [0, 0.05) is 36.9 Å². The van der Waals surface area contributed by atoms with Crippen LogP contribution in [-0.2, 0) is 16.6 Å². The number of carbonyl (C=O) groups excluding carboxylic acids is 1. The molecule has 0 spiro atoms. The van der Waals surface area contributed by atoms with Gasteiger partial charge in [-0.1, -0.05) is 17.7 Å². The standard InChI is InChI=1S/C24H25N3O7S/c1-16-5-11-22(33-3)18(13-16)15-26(2)24(28)17-6-9-20(10-7-17)35(31,32)25-21-14-19(27(29)30)8-12-23(21)34-4/h5-14,25H,15H2,1-4H3. The summed E-state index contributed by atoms with van der Waals surface area (Å²) in [6, 6.07) is 14.7. The van der Waals surface area contributed by atoms with Gasteiger partial charge in [0.05, 0.1) is 29.7 Å². The second-order valence-corrected chi connectivity index (χ2v) is 9.43.